The number of ether oxygens (including phenoxy) is 1. The average molecular weight is 247 g/mol. The number of nitrogens with one attached hydrogen (secondary N) is 1. The van der Waals surface area contributed by atoms with Crippen LogP contribution in [0.15, 0.2) is 12.1 Å². The predicted molar refractivity (Wildman–Crippen MR) is 72.4 cm³/mol. The molecule has 1 aromatic rings. The van der Waals surface area contributed by atoms with Crippen LogP contribution >= 0.6 is 0 Å². The smallest absolute Gasteiger partial charge is 0.180 e. The first kappa shape index (κ1) is 13.1. The van der Waals surface area contributed by atoms with Gasteiger partial charge in [0.05, 0.1) is 12.6 Å². The van der Waals surface area contributed by atoms with Crippen molar-refractivity contribution in [3.63, 3.8) is 0 Å². The standard InChI is InChI=1S/C15H21NO2/c1-4-18-14-9-10(2)12(8-11(14)3)15(17)13-6-5-7-16-13/h8-9,13,16H,4-7H2,1-3H3. The van der Waals surface area contributed by atoms with Gasteiger partial charge in [-0.05, 0) is 63.4 Å². The first-order valence-corrected chi connectivity index (χ1v) is 6.65. The molecule has 2 rings (SSSR count). The molecule has 98 valence electrons. The van der Waals surface area contributed by atoms with Gasteiger partial charge in [-0.15, -0.1) is 0 Å². The molecule has 3 heteroatoms. The van der Waals surface area contributed by atoms with Crippen LogP contribution in [0.4, 0.5) is 0 Å². The number of ketones is 1. The Morgan fingerprint density at radius 2 is 2.17 bits per heavy atom. The van der Waals surface area contributed by atoms with Crippen molar-refractivity contribution in [1.29, 1.82) is 0 Å². The fourth-order valence-corrected chi connectivity index (χ4v) is 2.46. The van der Waals surface area contributed by atoms with Crippen LogP contribution in [0.25, 0.3) is 0 Å². The summed E-state index contributed by atoms with van der Waals surface area (Å²) in [7, 11) is 0. The summed E-state index contributed by atoms with van der Waals surface area (Å²) in [6.45, 7) is 7.53. The molecule has 1 aliphatic rings. The third kappa shape index (κ3) is 2.56. The summed E-state index contributed by atoms with van der Waals surface area (Å²) in [5, 5.41) is 3.26. The molecule has 1 N–H and O–H groups in total. The van der Waals surface area contributed by atoms with Crippen LogP contribution in [0.2, 0.25) is 0 Å². The van der Waals surface area contributed by atoms with E-state index in [0.717, 1.165) is 41.8 Å². The summed E-state index contributed by atoms with van der Waals surface area (Å²) >= 11 is 0. The van der Waals surface area contributed by atoms with E-state index in [4.69, 9.17) is 4.74 Å². The molecule has 0 spiro atoms. The fourth-order valence-electron chi connectivity index (χ4n) is 2.46. The third-order valence-electron chi connectivity index (χ3n) is 3.46. The maximum Gasteiger partial charge on any atom is 0.180 e. The van der Waals surface area contributed by atoms with Gasteiger partial charge in [0.15, 0.2) is 5.78 Å². The number of carbonyl (C=O) groups excluding carboxylic acids is 1. The largest absolute Gasteiger partial charge is 0.494 e. The molecule has 3 nitrogen and oxygen atoms in total. The van der Waals surface area contributed by atoms with Gasteiger partial charge < -0.3 is 10.1 Å². The average Bonchev–Trinajstić information content (AvgIpc) is 2.86. The quantitative estimate of drug-likeness (QED) is 0.831. The first-order chi connectivity index (χ1) is 8.63. The van der Waals surface area contributed by atoms with Gasteiger partial charge in [-0.1, -0.05) is 0 Å². The molecule has 0 radical (unpaired) electrons. The maximum atomic E-state index is 12.4. The molecule has 0 aliphatic carbocycles. The van der Waals surface area contributed by atoms with Crippen molar-refractivity contribution < 1.29 is 9.53 Å². The first-order valence-electron chi connectivity index (χ1n) is 6.65. The minimum absolute atomic E-state index is 0.000966. The van der Waals surface area contributed by atoms with Gasteiger partial charge in [0.2, 0.25) is 0 Å². The minimum Gasteiger partial charge on any atom is -0.494 e. The van der Waals surface area contributed by atoms with Gasteiger partial charge >= 0.3 is 0 Å². The number of carbonyl (C=O) groups is 1. The summed E-state index contributed by atoms with van der Waals surface area (Å²) < 4.78 is 5.55. The second-order valence-electron chi connectivity index (χ2n) is 4.88. The van der Waals surface area contributed by atoms with Crippen LogP contribution in [0.1, 0.15) is 41.3 Å². The minimum atomic E-state index is 0.000966. The lowest BCUT2D eigenvalue weighted by Crippen LogP contribution is -2.31. The molecule has 18 heavy (non-hydrogen) atoms. The predicted octanol–water partition coefficient (Wildman–Crippen LogP) is 2.64. The molecule has 1 aromatic carbocycles. The molecule has 0 bridgehead atoms. The summed E-state index contributed by atoms with van der Waals surface area (Å²) in [5.74, 6) is 1.10. The van der Waals surface area contributed by atoms with Crippen molar-refractivity contribution in [2.24, 2.45) is 0 Å². The fraction of sp³-hybridized carbons (Fsp3) is 0.533. The topological polar surface area (TPSA) is 38.3 Å². The van der Waals surface area contributed by atoms with Crippen LogP contribution in [-0.4, -0.2) is 25.0 Å². The highest BCUT2D eigenvalue weighted by Gasteiger charge is 2.24. The zero-order valence-electron chi connectivity index (χ0n) is 11.4. The second-order valence-corrected chi connectivity index (χ2v) is 4.88. The molecule has 1 aliphatic heterocycles. The van der Waals surface area contributed by atoms with Gasteiger partial charge in [0.1, 0.15) is 5.75 Å². The molecule has 0 saturated carbocycles. The number of rotatable bonds is 4. The normalized spacial score (nSPS) is 18.9. The van der Waals surface area contributed by atoms with Gasteiger partial charge in [0.25, 0.3) is 0 Å². The number of hydrogen-bond acceptors (Lipinski definition) is 3. The Hall–Kier alpha value is -1.35. The highest BCUT2D eigenvalue weighted by molar-refractivity contribution is 6.01. The van der Waals surface area contributed by atoms with E-state index in [0.29, 0.717) is 6.61 Å². The number of aryl methyl sites for hydroxylation is 2. The number of benzene rings is 1. The van der Waals surface area contributed by atoms with E-state index in [-0.39, 0.29) is 11.8 Å². The van der Waals surface area contributed by atoms with Crippen LogP contribution in [0, 0.1) is 13.8 Å². The van der Waals surface area contributed by atoms with Gasteiger partial charge in [0, 0.05) is 5.56 Å². The molecule has 1 saturated heterocycles. The van der Waals surface area contributed by atoms with E-state index in [1.54, 1.807) is 0 Å². The van der Waals surface area contributed by atoms with Crippen LogP contribution < -0.4 is 10.1 Å². The molecule has 0 aromatic heterocycles. The van der Waals surface area contributed by atoms with Crippen molar-refractivity contribution in [3.05, 3.63) is 28.8 Å². The van der Waals surface area contributed by atoms with Crippen LogP contribution in [-0.2, 0) is 0 Å². The van der Waals surface area contributed by atoms with E-state index in [9.17, 15) is 4.79 Å². The summed E-state index contributed by atoms with van der Waals surface area (Å²) in [6.07, 6.45) is 2.04. The number of hydrogen-bond donors (Lipinski definition) is 1. The molecule has 1 unspecified atom stereocenters. The molecular formula is C15H21NO2. The zero-order chi connectivity index (χ0) is 13.1. The Kier molecular flexibility index (Phi) is 4.02. The van der Waals surface area contributed by atoms with Gasteiger partial charge in [-0.25, -0.2) is 0 Å². The Bertz CT molecular complexity index is 448. The van der Waals surface area contributed by atoms with Crippen molar-refractivity contribution in [3.8, 4) is 5.75 Å². The number of Topliss-reactive ketones (excluding diaryl/α,β-unsaturated/α-hetero) is 1. The Morgan fingerprint density at radius 1 is 1.39 bits per heavy atom. The van der Waals surface area contributed by atoms with E-state index in [2.05, 4.69) is 5.32 Å². The highest BCUT2D eigenvalue weighted by Crippen LogP contribution is 2.25. The summed E-state index contributed by atoms with van der Waals surface area (Å²) in [5.41, 5.74) is 2.86. The third-order valence-corrected chi connectivity index (χ3v) is 3.46. The zero-order valence-corrected chi connectivity index (χ0v) is 11.4. The van der Waals surface area contributed by atoms with Gasteiger partial charge in [-0.3, -0.25) is 4.79 Å². The lowest BCUT2D eigenvalue weighted by molar-refractivity contribution is 0.0951. The lowest BCUT2D eigenvalue weighted by Gasteiger charge is -2.14. The van der Waals surface area contributed by atoms with Crippen molar-refractivity contribution in [1.82, 2.24) is 5.32 Å². The Morgan fingerprint density at radius 3 is 2.78 bits per heavy atom. The van der Waals surface area contributed by atoms with Crippen LogP contribution in [0.5, 0.6) is 5.75 Å². The van der Waals surface area contributed by atoms with Gasteiger partial charge in [-0.2, -0.15) is 0 Å². The van der Waals surface area contributed by atoms with Crippen molar-refractivity contribution >= 4 is 5.78 Å². The maximum absolute atomic E-state index is 12.4. The lowest BCUT2D eigenvalue weighted by atomic mass is 9.96. The van der Waals surface area contributed by atoms with E-state index in [1.165, 1.54) is 0 Å². The second kappa shape index (κ2) is 5.53. The van der Waals surface area contributed by atoms with E-state index < -0.39 is 0 Å². The van der Waals surface area contributed by atoms with Crippen molar-refractivity contribution in [2.75, 3.05) is 13.2 Å². The van der Waals surface area contributed by atoms with Crippen molar-refractivity contribution in [2.45, 2.75) is 39.7 Å². The molecule has 1 atom stereocenters. The Labute approximate surface area is 109 Å². The van der Waals surface area contributed by atoms with E-state index in [1.807, 2.05) is 32.9 Å². The molecule has 0 amide bonds. The monoisotopic (exact) mass is 247 g/mol. The van der Waals surface area contributed by atoms with E-state index >= 15 is 0 Å². The summed E-state index contributed by atoms with van der Waals surface area (Å²) in [4.78, 5) is 12.4. The Balaban J connectivity index is 2.27. The SMILES string of the molecule is CCOc1cc(C)c(C(=O)C2CCCN2)cc1C. The highest BCUT2D eigenvalue weighted by atomic mass is 16.5. The molecule has 1 heterocycles. The molecular weight excluding hydrogens is 226 g/mol. The summed E-state index contributed by atoms with van der Waals surface area (Å²) in [6, 6.07) is 3.94. The van der Waals surface area contributed by atoms with Crippen LogP contribution in [0.3, 0.4) is 0 Å². The molecule has 1 fully saturated rings.